The molecular formula is C16H18F3NO2. The summed E-state index contributed by atoms with van der Waals surface area (Å²) in [6.07, 6.45) is -1.55. The number of fused-ring (bicyclic) bond motifs is 2. The zero-order valence-electron chi connectivity index (χ0n) is 12.5. The number of benzene rings is 1. The average Bonchev–Trinajstić information content (AvgIpc) is 2.45. The van der Waals surface area contributed by atoms with Gasteiger partial charge in [-0.05, 0) is 31.2 Å². The summed E-state index contributed by atoms with van der Waals surface area (Å²) in [4.78, 5) is 2.25. The van der Waals surface area contributed by atoms with E-state index in [0.717, 1.165) is 29.7 Å². The van der Waals surface area contributed by atoms with Gasteiger partial charge >= 0.3 is 6.18 Å². The molecule has 1 saturated heterocycles. The lowest BCUT2D eigenvalue weighted by atomic mass is 9.89. The van der Waals surface area contributed by atoms with E-state index in [-0.39, 0.29) is 17.8 Å². The number of rotatable bonds is 2. The minimum atomic E-state index is -4.36. The molecule has 2 atom stereocenters. The number of morpholine rings is 1. The van der Waals surface area contributed by atoms with Crippen LogP contribution in [-0.4, -0.2) is 44.4 Å². The first-order valence-electron chi connectivity index (χ1n) is 7.16. The normalized spacial score (nSPS) is 25.8. The number of halogens is 3. The summed E-state index contributed by atoms with van der Waals surface area (Å²) in [6.45, 7) is 1.26. The minimum Gasteiger partial charge on any atom is -0.496 e. The van der Waals surface area contributed by atoms with Gasteiger partial charge in [0.2, 0.25) is 0 Å². The zero-order chi connectivity index (χ0) is 15.9. The Balaban J connectivity index is 1.98. The number of hydrogen-bond acceptors (Lipinski definition) is 3. The van der Waals surface area contributed by atoms with Gasteiger partial charge in [0.15, 0.2) is 0 Å². The van der Waals surface area contributed by atoms with E-state index in [2.05, 4.69) is 18.0 Å². The first-order valence-corrected chi connectivity index (χ1v) is 7.16. The lowest BCUT2D eigenvalue weighted by molar-refractivity contribution is -0.137. The molecule has 2 bridgehead atoms. The topological polar surface area (TPSA) is 21.7 Å². The Bertz CT molecular complexity index is 598. The van der Waals surface area contributed by atoms with Crippen LogP contribution >= 0.6 is 0 Å². The molecule has 1 aromatic rings. The maximum atomic E-state index is 12.8. The lowest BCUT2D eigenvalue weighted by Crippen LogP contribution is -2.51. The maximum absolute atomic E-state index is 12.8. The van der Waals surface area contributed by atoms with E-state index < -0.39 is 11.7 Å². The molecule has 0 saturated carbocycles. The fourth-order valence-corrected chi connectivity index (χ4v) is 3.09. The number of alkyl halides is 3. The summed E-state index contributed by atoms with van der Waals surface area (Å²) in [5.74, 6) is 0.268. The maximum Gasteiger partial charge on any atom is 0.416 e. The van der Waals surface area contributed by atoms with Crippen LogP contribution in [0.1, 0.15) is 17.5 Å². The second-order valence-corrected chi connectivity index (χ2v) is 5.73. The van der Waals surface area contributed by atoms with E-state index in [9.17, 15) is 13.2 Å². The van der Waals surface area contributed by atoms with Crippen LogP contribution in [0.4, 0.5) is 13.2 Å². The molecule has 120 valence electrons. The Kier molecular flexibility index (Phi) is 3.91. The molecule has 3 rings (SSSR count). The van der Waals surface area contributed by atoms with Gasteiger partial charge in [-0.15, -0.1) is 0 Å². The van der Waals surface area contributed by atoms with E-state index in [0.29, 0.717) is 13.2 Å². The van der Waals surface area contributed by atoms with E-state index >= 15 is 0 Å². The molecule has 0 aliphatic carbocycles. The van der Waals surface area contributed by atoms with Gasteiger partial charge in [-0.1, -0.05) is 12.1 Å². The summed E-state index contributed by atoms with van der Waals surface area (Å²) in [5, 5.41) is 0. The highest BCUT2D eigenvalue weighted by Crippen LogP contribution is 2.39. The van der Waals surface area contributed by atoms with Crippen LogP contribution in [0, 0.1) is 0 Å². The Morgan fingerprint density at radius 1 is 1.27 bits per heavy atom. The molecule has 1 fully saturated rings. The summed E-state index contributed by atoms with van der Waals surface area (Å²) in [7, 11) is 3.45. The summed E-state index contributed by atoms with van der Waals surface area (Å²) >= 11 is 0. The van der Waals surface area contributed by atoms with Gasteiger partial charge in [0.1, 0.15) is 5.75 Å². The predicted molar refractivity (Wildman–Crippen MR) is 76.7 cm³/mol. The Morgan fingerprint density at radius 2 is 2.05 bits per heavy atom. The molecule has 2 heterocycles. The largest absolute Gasteiger partial charge is 0.496 e. The van der Waals surface area contributed by atoms with Crippen LogP contribution in [0.15, 0.2) is 24.3 Å². The van der Waals surface area contributed by atoms with Crippen LogP contribution in [-0.2, 0) is 10.9 Å². The Morgan fingerprint density at radius 3 is 2.68 bits per heavy atom. The van der Waals surface area contributed by atoms with Gasteiger partial charge in [-0.25, -0.2) is 0 Å². The van der Waals surface area contributed by atoms with E-state index in [1.165, 1.54) is 13.2 Å². The van der Waals surface area contributed by atoms with Crippen LogP contribution in [0.5, 0.6) is 5.75 Å². The van der Waals surface area contributed by atoms with Crippen molar-refractivity contribution in [3.63, 3.8) is 0 Å². The highest BCUT2D eigenvalue weighted by molar-refractivity contribution is 5.73. The molecule has 22 heavy (non-hydrogen) atoms. The third-order valence-electron chi connectivity index (χ3n) is 4.42. The zero-order valence-corrected chi connectivity index (χ0v) is 12.5. The lowest BCUT2D eigenvalue weighted by Gasteiger charge is -2.42. The standard InChI is InChI=1S/C16H18F3NO2/c1-20-12-5-10(6-13(20)9-22-8-12)14-4-3-11(16(17,18)19)7-15(14)21-2/h3-5,7,12-13H,6,8-9H2,1-2H3. The predicted octanol–water partition coefficient (Wildman–Crippen LogP) is 3.20. The fourth-order valence-electron chi connectivity index (χ4n) is 3.09. The number of likely N-dealkylation sites (N-methyl/N-ethyl adjacent to an activating group) is 1. The second-order valence-electron chi connectivity index (χ2n) is 5.73. The van der Waals surface area contributed by atoms with Crippen molar-refractivity contribution >= 4 is 5.57 Å². The molecule has 6 heteroatoms. The molecule has 0 N–H and O–H groups in total. The van der Waals surface area contributed by atoms with E-state index in [1.54, 1.807) is 0 Å². The highest BCUT2D eigenvalue weighted by Gasteiger charge is 2.34. The van der Waals surface area contributed by atoms with Crippen LogP contribution in [0.2, 0.25) is 0 Å². The van der Waals surface area contributed by atoms with Crippen molar-refractivity contribution in [2.24, 2.45) is 0 Å². The molecule has 0 aromatic heterocycles. The van der Waals surface area contributed by atoms with Crippen molar-refractivity contribution in [3.05, 3.63) is 35.4 Å². The molecule has 3 nitrogen and oxygen atoms in total. The van der Waals surface area contributed by atoms with Crippen molar-refractivity contribution in [1.29, 1.82) is 0 Å². The monoisotopic (exact) mass is 313 g/mol. The quantitative estimate of drug-likeness (QED) is 0.837. The molecule has 2 unspecified atom stereocenters. The fraction of sp³-hybridized carbons (Fsp3) is 0.500. The van der Waals surface area contributed by atoms with Crippen molar-refractivity contribution < 1.29 is 22.6 Å². The number of hydrogen-bond donors (Lipinski definition) is 0. The molecule has 0 amide bonds. The molecule has 2 aliphatic heterocycles. The van der Waals surface area contributed by atoms with E-state index in [4.69, 9.17) is 9.47 Å². The van der Waals surface area contributed by atoms with Crippen molar-refractivity contribution in [3.8, 4) is 5.75 Å². The summed E-state index contributed by atoms with van der Waals surface area (Å²) in [6, 6.07) is 4.11. The van der Waals surface area contributed by atoms with Crippen molar-refractivity contribution in [2.75, 3.05) is 27.4 Å². The van der Waals surface area contributed by atoms with E-state index in [1.807, 2.05) is 0 Å². The molecule has 0 spiro atoms. The number of methoxy groups -OCH3 is 1. The molecular weight excluding hydrogens is 295 g/mol. The Labute approximate surface area is 127 Å². The van der Waals surface area contributed by atoms with Gasteiger partial charge < -0.3 is 9.47 Å². The minimum absolute atomic E-state index is 0.162. The van der Waals surface area contributed by atoms with Crippen LogP contribution in [0.3, 0.4) is 0 Å². The van der Waals surface area contributed by atoms with Gasteiger partial charge in [0.05, 0.1) is 31.9 Å². The van der Waals surface area contributed by atoms with Crippen molar-refractivity contribution in [2.45, 2.75) is 24.7 Å². The molecule has 2 aliphatic rings. The van der Waals surface area contributed by atoms with Crippen LogP contribution < -0.4 is 4.74 Å². The number of ether oxygens (including phenoxy) is 2. The SMILES string of the molecule is COc1cc(C(F)(F)F)ccc1C1=CC2COCC(C1)N2C. The third-order valence-corrected chi connectivity index (χ3v) is 4.42. The van der Waals surface area contributed by atoms with Crippen LogP contribution in [0.25, 0.3) is 5.57 Å². The second kappa shape index (κ2) is 5.59. The van der Waals surface area contributed by atoms with Gasteiger partial charge in [-0.3, -0.25) is 4.90 Å². The average molecular weight is 313 g/mol. The first-order chi connectivity index (χ1) is 10.4. The number of nitrogens with zero attached hydrogens (tertiary/aromatic N) is 1. The van der Waals surface area contributed by atoms with Gasteiger partial charge in [0, 0.05) is 11.6 Å². The van der Waals surface area contributed by atoms with Gasteiger partial charge in [0.25, 0.3) is 0 Å². The Hall–Kier alpha value is -1.53. The molecule has 0 radical (unpaired) electrons. The molecule has 1 aromatic carbocycles. The first kappa shape index (κ1) is 15.4. The van der Waals surface area contributed by atoms with Gasteiger partial charge in [-0.2, -0.15) is 13.2 Å². The smallest absolute Gasteiger partial charge is 0.416 e. The summed E-state index contributed by atoms with van der Waals surface area (Å²) < 4.78 is 49.2. The van der Waals surface area contributed by atoms with Crippen molar-refractivity contribution in [1.82, 2.24) is 4.90 Å². The summed E-state index contributed by atoms with van der Waals surface area (Å²) in [5.41, 5.74) is 1.08. The third kappa shape index (κ3) is 2.73. The highest BCUT2D eigenvalue weighted by atomic mass is 19.4.